The molecule has 0 aromatic heterocycles. The van der Waals surface area contributed by atoms with E-state index in [9.17, 15) is 4.79 Å². The topological polar surface area (TPSA) is 55.8 Å². The fourth-order valence-electron chi connectivity index (χ4n) is 0.422. The van der Waals surface area contributed by atoms with Crippen molar-refractivity contribution in [3.8, 4) is 0 Å². The highest BCUT2D eigenvalue weighted by molar-refractivity contribution is 5.80. The Kier molecular flexibility index (Phi) is 6.67. The first-order valence-corrected chi connectivity index (χ1v) is 3.24. The van der Waals surface area contributed by atoms with E-state index >= 15 is 0 Å². The number of hydrogen-bond acceptors (Lipinski definition) is 4. The molecule has 0 heterocycles. The van der Waals surface area contributed by atoms with Crippen LogP contribution < -0.4 is 0 Å². The van der Waals surface area contributed by atoms with E-state index in [1.165, 1.54) is 6.26 Å². The molecule has 0 aliphatic heterocycles. The van der Waals surface area contributed by atoms with Crippen LogP contribution in [0.4, 0.5) is 0 Å². The average molecular weight is 160 g/mol. The molecule has 0 atom stereocenters. The third kappa shape index (κ3) is 7.02. The summed E-state index contributed by atoms with van der Waals surface area (Å²) in [6.07, 6.45) is 1.30. The van der Waals surface area contributed by atoms with Gasteiger partial charge >= 0.3 is 0 Å². The number of rotatable bonds is 7. The summed E-state index contributed by atoms with van der Waals surface area (Å²) in [5.74, 6) is -0.330. The summed E-state index contributed by atoms with van der Waals surface area (Å²) in [5.41, 5.74) is 0. The van der Waals surface area contributed by atoms with E-state index in [0.29, 0.717) is 13.2 Å². The first-order chi connectivity index (χ1) is 5.31. The number of carbonyl (C=O) groups is 1. The van der Waals surface area contributed by atoms with Gasteiger partial charge in [-0.2, -0.15) is 0 Å². The van der Waals surface area contributed by atoms with Gasteiger partial charge in [0, 0.05) is 0 Å². The lowest BCUT2D eigenvalue weighted by molar-refractivity contribution is -0.126. The quantitative estimate of drug-likeness (QED) is 0.411. The molecule has 0 unspecified atom stereocenters. The van der Waals surface area contributed by atoms with Gasteiger partial charge in [-0.3, -0.25) is 4.79 Å². The average Bonchev–Trinajstić information content (AvgIpc) is 2.04. The normalized spacial score (nSPS) is 9.18. The van der Waals surface area contributed by atoms with Crippen LogP contribution in [0.3, 0.4) is 0 Å². The molecule has 0 saturated heterocycles. The minimum absolute atomic E-state index is 0.0585. The van der Waals surface area contributed by atoms with Gasteiger partial charge in [0.15, 0.2) is 5.78 Å². The lowest BCUT2D eigenvalue weighted by Gasteiger charge is -2.00. The third-order valence-corrected chi connectivity index (χ3v) is 0.903. The van der Waals surface area contributed by atoms with Crippen molar-refractivity contribution in [2.24, 2.45) is 0 Å². The van der Waals surface area contributed by atoms with Crippen LogP contribution in [-0.2, 0) is 14.3 Å². The Bertz CT molecular complexity index is 122. The molecule has 0 rings (SSSR count). The Labute approximate surface area is 65.4 Å². The van der Waals surface area contributed by atoms with Crippen LogP contribution in [0.25, 0.3) is 0 Å². The zero-order chi connectivity index (χ0) is 8.53. The summed E-state index contributed by atoms with van der Waals surface area (Å²) < 4.78 is 9.52. The highest BCUT2D eigenvalue weighted by atomic mass is 16.5. The molecular weight excluding hydrogens is 148 g/mol. The number of hydrogen-bond donors (Lipinski definition) is 1. The van der Waals surface area contributed by atoms with Crippen molar-refractivity contribution in [1.82, 2.24) is 0 Å². The summed E-state index contributed by atoms with van der Waals surface area (Å²) >= 11 is 0. The van der Waals surface area contributed by atoms with E-state index in [1.54, 1.807) is 0 Å². The van der Waals surface area contributed by atoms with Crippen LogP contribution in [0.2, 0.25) is 0 Å². The zero-order valence-corrected chi connectivity index (χ0v) is 6.28. The molecule has 0 aromatic carbocycles. The maximum absolute atomic E-state index is 10.4. The lowest BCUT2D eigenvalue weighted by Crippen LogP contribution is -2.14. The molecule has 0 radical (unpaired) electrons. The Morgan fingerprint density at radius 1 is 1.55 bits per heavy atom. The van der Waals surface area contributed by atoms with Crippen LogP contribution >= 0.6 is 0 Å². The van der Waals surface area contributed by atoms with Gasteiger partial charge in [0.25, 0.3) is 0 Å². The molecule has 1 N–H and O–H groups in total. The highest BCUT2D eigenvalue weighted by Gasteiger charge is 1.97. The van der Waals surface area contributed by atoms with E-state index in [2.05, 4.69) is 6.58 Å². The molecule has 0 spiro atoms. The maximum Gasteiger partial charge on any atom is 0.183 e. The van der Waals surface area contributed by atoms with Crippen molar-refractivity contribution in [1.29, 1.82) is 0 Å². The third-order valence-electron chi connectivity index (χ3n) is 0.903. The minimum atomic E-state index is -0.470. The molecule has 0 aromatic rings. The SMILES string of the molecule is C=COCCOCC(=O)CO. The second-order valence-electron chi connectivity index (χ2n) is 1.79. The number of ether oxygens (including phenoxy) is 2. The van der Waals surface area contributed by atoms with E-state index in [1.807, 2.05) is 0 Å². The van der Waals surface area contributed by atoms with E-state index in [0.717, 1.165) is 0 Å². The van der Waals surface area contributed by atoms with E-state index in [-0.39, 0.29) is 12.4 Å². The summed E-state index contributed by atoms with van der Waals surface area (Å²) in [7, 11) is 0. The van der Waals surface area contributed by atoms with Crippen LogP contribution in [0.5, 0.6) is 0 Å². The summed E-state index contributed by atoms with van der Waals surface area (Å²) in [4.78, 5) is 10.4. The first kappa shape index (κ1) is 10.1. The van der Waals surface area contributed by atoms with Gasteiger partial charge in [0.05, 0.1) is 12.9 Å². The fraction of sp³-hybridized carbons (Fsp3) is 0.571. The zero-order valence-electron chi connectivity index (χ0n) is 6.28. The second-order valence-corrected chi connectivity index (χ2v) is 1.79. The van der Waals surface area contributed by atoms with E-state index in [4.69, 9.17) is 14.6 Å². The predicted molar refractivity (Wildman–Crippen MR) is 39.1 cm³/mol. The molecule has 4 heteroatoms. The van der Waals surface area contributed by atoms with Gasteiger partial charge in [-0.05, 0) is 0 Å². The Morgan fingerprint density at radius 3 is 2.82 bits per heavy atom. The van der Waals surface area contributed by atoms with Gasteiger partial charge in [0.2, 0.25) is 0 Å². The van der Waals surface area contributed by atoms with Crippen LogP contribution in [0.1, 0.15) is 0 Å². The van der Waals surface area contributed by atoms with Crippen molar-refractivity contribution in [3.63, 3.8) is 0 Å². The van der Waals surface area contributed by atoms with Gasteiger partial charge in [-0.15, -0.1) is 0 Å². The number of aliphatic hydroxyl groups excluding tert-OH is 1. The second kappa shape index (κ2) is 7.24. The summed E-state index contributed by atoms with van der Waals surface area (Å²) in [6, 6.07) is 0. The summed E-state index contributed by atoms with van der Waals surface area (Å²) in [6.45, 7) is 3.50. The fourth-order valence-corrected chi connectivity index (χ4v) is 0.422. The van der Waals surface area contributed by atoms with Gasteiger partial charge in [-0.1, -0.05) is 6.58 Å². The van der Waals surface area contributed by atoms with Gasteiger partial charge in [-0.25, -0.2) is 0 Å². The lowest BCUT2D eigenvalue weighted by atomic mass is 10.4. The van der Waals surface area contributed by atoms with Crippen molar-refractivity contribution in [2.75, 3.05) is 26.4 Å². The Balaban J connectivity index is 3.01. The first-order valence-electron chi connectivity index (χ1n) is 3.24. The molecule has 0 amide bonds. The van der Waals surface area contributed by atoms with Crippen LogP contribution in [0.15, 0.2) is 12.8 Å². The summed E-state index contributed by atoms with van der Waals surface area (Å²) in [5, 5.41) is 8.26. The molecular formula is C7H12O4. The molecule has 0 aliphatic carbocycles. The Morgan fingerprint density at radius 2 is 2.27 bits per heavy atom. The van der Waals surface area contributed by atoms with Crippen molar-refractivity contribution in [3.05, 3.63) is 12.8 Å². The largest absolute Gasteiger partial charge is 0.499 e. The standard InChI is InChI=1S/C7H12O4/c1-2-10-3-4-11-6-7(9)5-8/h2,8H,1,3-6H2. The highest BCUT2D eigenvalue weighted by Crippen LogP contribution is 1.79. The molecule has 0 bridgehead atoms. The number of ketones is 1. The van der Waals surface area contributed by atoms with Crippen molar-refractivity contribution >= 4 is 5.78 Å². The molecule has 11 heavy (non-hydrogen) atoms. The number of Topliss-reactive ketones (excluding diaryl/α,β-unsaturated/α-hetero) is 1. The smallest absolute Gasteiger partial charge is 0.183 e. The van der Waals surface area contributed by atoms with Gasteiger partial charge < -0.3 is 14.6 Å². The van der Waals surface area contributed by atoms with Crippen LogP contribution in [-0.4, -0.2) is 37.3 Å². The van der Waals surface area contributed by atoms with Crippen molar-refractivity contribution < 1.29 is 19.4 Å². The van der Waals surface area contributed by atoms with Crippen molar-refractivity contribution in [2.45, 2.75) is 0 Å². The van der Waals surface area contributed by atoms with Crippen LogP contribution in [0, 0.1) is 0 Å². The number of carbonyl (C=O) groups excluding carboxylic acids is 1. The monoisotopic (exact) mass is 160 g/mol. The molecule has 64 valence electrons. The molecule has 0 saturated carbocycles. The molecule has 4 nitrogen and oxygen atoms in total. The maximum atomic E-state index is 10.4. The van der Waals surface area contributed by atoms with E-state index < -0.39 is 6.61 Å². The predicted octanol–water partition coefficient (Wildman–Crippen LogP) is -0.276. The Hall–Kier alpha value is -0.870. The number of aliphatic hydroxyl groups is 1. The van der Waals surface area contributed by atoms with Gasteiger partial charge in [0.1, 0.15) is 19.8 Å². The minimum Gasteiger partial charge on any atom is -0.499 e. The molecule has 0 aliphatic rings. The molecule has 0 fully saturated rings.